The third kappa shape index (κ3) is 4.84. The lowest BCUT2D eigenvalue weighted by atomic mass is 9.98. The normalized spacial score (nSPS) is 20.4. The van der Waals surface area contributed by atoms with Crippen molar-refractivity contribution in [1.29, 1.82) is 0 Å². The molecule has 1 N–H and O–H groups in total. The van der Waals surface area contributed by atoms with Crippen LogP contribution in [0, 0.1) is 5.92 Å². The van der Waals surface area contributed by atoms with Crippen molar-refractivity contribution in [3.8, 4) is 5.75 Å². The Morgan fingerprint density at radius 2 is 2.11 bits per heavy atom. The van der Waals surface area contributed by atoms with Crippen LogP contribution in [0.4, 0.5) is 0 Å². The highest BCUT2D eigenvalue weighted by molar-refractivity contribution is 5.27. The van der Waals surface area contributed by atoms with Gasteiger partial charge in [0, 0.05) is 6.54 Å². The molecule has 106 valence electrons. The van der Waals surface area contributed by atoms with Crippen LogP contribution < -0.4 is 10.1 Å². The molecular weight excluding hydrogens is 236 g/mol. The van der Waals surface area contributed by atoms with Crippen LogP contribution in [0.3, 0.4) is 0 Å². The van der Waals surface area contributed by atoms with E-state index in [9.17, 15) is 0 Å². The zero-order valence-corrected chi connectivity index (χ0v) is 12.2. The molecule has 1 fully saturated rings. The highest BCUT2D eigenvalue weighted by atomic mass is 16.5. The lowest BCUT2D eigenvalue weighted by molar-refractivity contribution is 0.206. The maximum absolute atomic E-state index is 5.16. The van der Waals surface area contributed by atoms with E-state index in [1.165, 1.54) is 31.5 Å². The summed E-state index contributed by atoms with van der Waals surface area (Å²) in [4.78, 5) is 2.44. The van der Waals surface area contributed by atoms with Gasteiger partial charge in [0.05, 0.1) is 7.11 Å². The van der Waals surface area contributed by atoms with Crippen LogP contribution in [0.25, 0.3) is 0 Å². The number of rotatable bonds is 6. The van der Waals surface area contributed by atoms with Crippen LogP contribution in [0.5, 0.6) is 5.75 Å². The standard InChI is InChI=1S/C16H26N2O/c1-18-11-3-4-15(13-18)12-17-10-9-14-5-7-16(19-2)8-6-14/h5-8,15,17H,3-4,9-13H2,1-2H3. The molecule has 3 heteroatoms. The van der Waals surface area contributed by atoms with Gasteiger partial charge in [-0.05, 0) is 69.6 Å². The second-order valence-corrected chi connectivity index (χ2v) is 5.57. The van der Waals surface area contributed by atoms with E-state index in [4.69, 9.17) is 4.74 Å². The predicted molar refractivity (Wildman–Crippen MR) is 79.8 cm³/mol. The molecule has 0 radical (unpaired) electrons. The summed E-state index contributed by atoms with van der Waals surface area (Å²) in [5.41, 5.74) is 1.37. The van der Waals surface area contributed by atoms with Gasteiger partial charge in [-0.3, -0.25) is 0 Å². The molecule has 1 saturated heterocycles. The quantitative estimate of drug-likeness (QED) is 0.795. The summed E-state index contributed by atoms with van der Waals surface area (Å²) in [5.74, 6) is 1.76. The molecule has 3 nitrogen and oxygen atoms in total. The lowest BCUT2D eigenvalue weighted by Gasteiger charge is -2.29. The summed E-state index contributed by atoms with van der Waals surface area (Å²) >= 11 is 0. The fourth-order valence-electron chi connectivity index (χ4n) is 2.77. The molecule has 0 saturated carbocycles. The van der Waals surface area contributed by atoms with Crippen LogP contribution in [0.1, 0.15) is 18.4 Å². The molecule has 1 aromatic carbocycles. The second-order valence-electron chi connectivity index (χ2n) is 5.57. The Labute approximate surface area is 116 Å². The van der Waals surface area contributed by atoms with Crippen molar-refractivity contribution in [2.45, 2.75) is 19.3 Å². The number of ether oxygens (including phenoxy) is 1. The van der Waals surface area contributed by atoms with Gasteiger partial charge in [-0.25, -0.2) is 0 Å². The van der Waals surface area contributed by atoms with Gasteiger partial charge in [0.25, 0.3) is 0 Å². The summed E-state index contributed by atoms with van der Waals surface area (Å²) in [6, 6.07) is 8.36. The maximum atomic E-state index is 5.16. The van der Waals surface area contributed by atoms with Crippen LogP contribution in [0.15, 0.2) is 24.3 Å². The van der Waals surface area contributed by atoms with Crippen molar-refractivity contribution < 1.29 is 4.74 Å². The molecule has 1 atom stereocenters. The summed E-state index contributed by atoms with van der Waals surface area (Å²) in [6.07, 6.45) is 3.81. The van der Waals surface area contributed by atoms with Crippen molar-refractivity contribution in [3.05, 3.63) is 29.8 Å². The smallest absolute Gasteiger partial charge is 0.118 e. The van der Waals surface area contributed by atoms with E-state index >= 15 is 0 Å². The first-order chi connectivity index (χ1) is 9.28. The second kappa shape index (κ2) is 7.51. The summed E-state index contributed by atoms with van der Waals surface area (Å²) < 4.78 is 5.16. The van der Waals surface area contributed by atoms with E-state index in [1.807, 2.05) is 12.1 Å². The van der Waals surface area contributed by atoms with Crippen molar-refractivity contribution in [3.63, 3.8) is 0 Å². The van der Waals surface area contributed by atoms with Gasteiger partial charge < -0.3 is 15.0 Å². The molecule has 0 amide bonds. The fourth-order valence-corrected chi connectivity index (χ4v) is 2.77. The minimum atomic E-state index is 0.828. The van der Waals surface area contributed by atoms with Crippen LogP contribution >= 0.6 is 0 Å². The van der Waals surface area contributed by atoms with Gasteiger partial charge in [-0.1, -0.05) is 12.1 Å². The number of benzene rings is 1. The highest BCUT2D eigenvalue weighted by Crippen LogP contribution is 2.14. The molecule has 0 bridgehead atoms. The largest absolute Gasteiger partial charge is 0.497 e. The third-order valence-corrected chi connectivity index (χ3v) is 3.90. The Kier molecular flexibility index (Phi) is 5.67. The Morgan fingerprint density at radius 3 is 2.79 bits per heavy atom. The number of nitrogens with zero attached hydrogens (tertiary/aromatic N) is 1. The first-order valence-electron chi connectivity index (χ1n) is 7.30. The first-order valence-corrected chi connectivity index (χ1v) is 7.30. The topological polar surface area (TPSA) is 24.5 Å². The SMILES string of the molecule is COc1ccc(CCNCC2CCCN(C)C2)cc1. The molecule has 1 aliphatic rings. The van der Waals surface area contributed by atoms with E-state index in [0.717, 1.165) is 31.2 Å². The average Bonchev–Trinajstić information content (AvgIpc) is 2.44. The van der Waals surface area contributed by atoms with Crippen molar-refractivity contribution in [2.75, 3.05) is 40.3 Å². The van der Waals surface area contributed by atoms with E-state index < -0.39 is 0 Å². The minimum absolute atomic E-state index is 0.828. The molecule has 0 spiro atoms. The molecule has 2 rings (SSSR count). The third-order valence-electron chi connectivity index (χ3n) is 3.90. The van der Waals surface area contributed by atoms with E-state index in [-0.39, 0.29) is 0 Å². The van der Waals surface area contributed by atoms with Gasteiger partial charge in [0.2, 0.25) is 0 Å². The van der Waals surface area contributed by atoms with Gasteiger partial charge in [0.1, 0.15) is 5.75 Å². The average molecular weight is 262 g/mol. The number of piperidine rings is 1. The Hall–Kier alpha value is -1.06. The molecule has 0 aromatic heterocycles. The number of hydrogen-bond donors (Lipinski definition) is 1. The van der Waals surface area contributed by atoms with E-state index in [1.54, 1.807) is 7.11 Å². The van der Waals surface area contributed by atoms with Gasteiger partial charge in [-0.15, -0.1) is 0 Å². The Morgan fingerprint density at radius 1 is 1.32 bits per heavy atom. The van der Waals surface area contributed by atoms with Crippen molar-refractivity contribution in [1.82, 2.24) is 10.2 Å². The number of hydrogen-bond acceptors (Lipinski definition) is 3. The molecule has 1 unspecified atom stereocenters. The zero-order valence-electron chi connectivity index (χ0n) is 12.2. The number of nitrogens with one attached hydrogen (secondary N) is 1. The molecule has 1 aliphatic heterocycles. The minimum Gasteiger partial charge on any atom is -0.497 e. The van der Waals surface area contributed by atoms with Crippen LogP contribution in [-0.2, 0) is 6.42 Å². The Bertz CT molecular complexity index is 364. The maximum Gasteiger partial charge on any atom is 0.118 e. The number of likely N-dealkylation sites (tertiary alicyclic amines) is 1. The molecule has 1 heterocycles. The fraction of sp³-hybridized carbons (Fsp3) is 0.625. The van der Waals surface area contributed by atoms with Crippen molar-refractivity contribution >= 4 is 0 Å². The molecule has 0 aliphatic carbocycles. The van der Waals surface area contributed by atoms with Crippen LogP contribution in [-0.4, -0.2) is 45.2 Å². The summed E-state index contributed by atoms with van der Waals surface area (Å²) in [5, 5.41) is 3.59. The van der Waals surface area contributed by atoms with Gasteiger partial charge in [0.15, 0.2) is 0 Å². The Balaban J connectivity index is 1.63. The molecular formula is C16H26N2O. The van der Waals surface area contributed by atoms with Crippen LogP contribution in [0.2, 0.25) is 0 Å². The molecule has 1 aromatic rings. The summed E-state index contributed by atoms with van der Waals surface area (Å²) in [7, 11) is 3.93. The lowest BCUT2D eigenvalue weighted by Crippen LogP contribution is -2.37. The summed E-state index contributed by atoms with van der Waals surface area (Å²) in [6.45, 7) is 4.73. The number of methoxy groups -OCH3 is 1. The highest BCUT2D eigenvalue weighted by Gasteiger charge is 2.16. The molecule has 19 heavy (non-hydrogen) atoms. The van der Waals surface area contributed by atoms with Gasteiger partial charge >= 0.3 is 0 Å². The van der Waals surface area contributed by atoms with Crippen molar-refractivity contribution in [2.24, 2.45) is 5.92 Å². The monoisotopic (exact) mass is 262 g/mol. The first kappa shape index (κ1) is 14.4. The predicted octanol–water partition coefficient (Wildman–Crippen LogP) is 2.17. The van der Waals surface area contributed by atoms with E-state index in [0.29, 0.717) is 0 Å². The zero-order chi connectivity index (χ0) is 13.5. The van der Waals surface area contributed by atoms with Gasteiger partial charge in [-0.2, -0.15) is 0 Å². The van der Waals surface area contributed by atoms with E-state index in [2.05, 4.69) is 29.4 Å².